The van der Waals surface area contributed by atoms with Crippen molar-refractivity contribution in [1.29, 1.82) is 0 Å². The maximum Gasteiger partial charge on any atom is 0.250 e. The maximum absolute atomic E-state index is 11.4. The smallest absolute Gasteiger partial charge is 0.250 e. The number of nitrogens with zero attached hydrogens (tertiary/aromatic N) is 1. The van der Waals surface area contributed by atoms with Crippen molar-refractivity contribution >= 4 is 5.69 Å². The first-order chi connectivity index (χ1) is 7.29. The third-order valence-corrected chi connectivity index (χ3v) is 2.46. The van der Waals surface area contributed by atoms with Gasteiger partial charge in [-0.2, -0.15) is 0 Å². The zero-order valence-electron chi connectivity index (χ0n) is 8.90. The van der Waals surface area contributed by atoms with Crippen LogP contribution in [0.3, 0.4) is 0 Å². The van der Waals surface area contributed by atoms with E-state index in [1.165, 1.54) is 0 Å². The van der Waals surface area contributed by atoms with Crippen molar-refractivity contribution in [3.63, 3.8) is 0 Å². The summed E-state index contributed by atoms with van der Waals surface area (Å²) in [6, 6.07) is 3.84. The van der Waals surface area contributed by atoms with Crippen LogP contribution in [0.25, 0.3) is 0 Å². The van der Waals surface area contributed by atoms with E-state index in [0.29, 0.717) is 6.04 Å². The molecular weight excluding hydrogens is 192 g/mol. The quantitative estimate of drug-likeness (QED) is 0.805. The second-order valence-electron chi connectivity index (χ2n) is 3.83. The van der Waals surface area contributed by atoms with Crippen LogP contribution in [0.5, 0.6) is 0 Å². The molecule has 1 saturated heterocycles. The molecule has 2 rings (SSSR count). The standard InChI is InChI=1S/C11H16N2O2/c1-2-5-13-6-9(3-4-11(13)14)12-10-7-15-8-10/h3-4,6,10,12H,2,5,7-8H2,1H3. The summed E-state index contributed by atoms with van der Waals surface area (Å²) in [6.07, 6.45) is 2.85. The summed E-state index contributed by atoms with van der Waals surface area (Å²) in [7, 11) is 0. The zero-order valence-corrected chi connectivity index (χ0v) is 8.90. The van der Waals surface area contributed by atoms with Crippen molar-refractivity contribution in [2.45, 2.75) is 25.9 Å². The highest BCUT2D eigenvalue weighted by Crippen LogP contribution is 2.10. The zero-order chi connectivity index (χ0) is 10.7. The van der Waals surface area contributed by atoms with E-state index in [2.05, 4.69) is 12.2 Å². The minimum absolute atomic E-state index is 0.0623. The average molecular weight is 208 g/mol. The lowest BCUT2D eigenvalue weighted by Crippen LogP contribution is -2.40. The molecule has 1 aliphatic rings. The van der Waals surface area contributed by atoms with Crippen LogP contribution in [0, 0.1) is 0 Å². The average Bonchev–Trinajstić information content (AvgIpc) is 2.17. The Morgan fingerprint density at radius 3 is 2.93 bits per heavy atom. The van der Waals surface area contributed by atoms with E-state index < -0.39 is 0 Å². The van der Waals surface area contributed by atoms with Crippen LogP contribution in [0.15, 0.2) is 23.1 Å². The summed E-state index contributed by atoms with van der Waals surface area (Å²) in [5.74, 6) is 0. The minimum atomic E-state index is 0.0623. The fraction of sp³-hybridized carbons (Fsp3) is 0.545. The second-order valence-corrected chi connectivity index (χ2v) is 3.83. The molecule has 0 radical (unpaired) electrons. The summed E-state index contributed by atoms with van der Waals surface area (Å²) in [5, 5.41) is 3.32. The van der Waals surface area contributed by atoms with Crippen molar-refractivity contribution in [1.82, 2.24) is 4.57 Å². The molecule has 1 fully saturated rings. The number of ether oxygens (including phenoxy) is 1. The predicted molar refractivity (Wildman–Crippen MR) is 59.2 cm³/mol. The molecule has 15 heavy (non-hydrogen) atoms. The molecule has 82 valence electrons. The van der Waals surface area contributed by atoms with Gasteiger partial charge in [-0.25, -0.2) is 0 Å². The van der Waals surface area contributed by atoms with Crippen LogP contribution in [-0.2, 0) is 11.3 Å². The van der Waals surface area contributed by atoms with Gasteiger partial charge in [0.2, 0.25) is 0 Å². The Morgan fingerprint density at radius 1 is 1.53 bits per heavy atom. The van der Waals surface area contributed by atoms with Crippen molar-refractivity contribution in [2.75, 3.05) is 18.5 Å². The highest BCUT2D eigenvalue weighted by molar-refractivity contribution is 5.41. The van der Waals surface area contributed by atoms with Gasteiger partial charge in [-0.15, -0.1) is 0 Å². The molecule has 1 N–H and O–H groups in total. The van der Waals surface area contributed by atoms with Gasteiger partial charge in [0.05, 0.1) is 24.9 Å². The van der Waals surface area contributed by atoms with E-state index >= 15 is 0 Å². The molecular formula is C11H16N2O2. The van der Waals surface area contributed by atoms with Gasteiger partial charge in [0.1, 0.15) is 0 Å². The van der Waals surface area contributed by atoms with E-state index in [1.807, 2.05) is 12.3 Å². The SMILES string of the molecule is CCCn1cc(NC2COC2)ccc1=O. The number of hydrogen-bond acceptors (Lipinski definition) is 3. The number of pyridine rings is 1. The number of aryl methyl sites for hydroxylation is 1. The van der Waals surface area contributed by atoms with E-state index in [4.69, 9.17) is 4.74 Å². The van der Waals surface area contributed by atoms with Crippen molar-refractivity contribution < 1.29 is 4.74 Å². The lowest BCUT2D eigenvalue weighted by Gasteiger charge is -2.27. The minimum Gasteiger partial charge on any atom is -0.377 e. The van der Waals surface area contributed by atoms with Crippen molar-refractivity contribution in [3.05, 3.63) is 28.7 Å². The molecule has 0 saturated carbocycles. The third kappa shape index (κ3) is 2.39. The topological polar surface area (TPSA) is 43.3 Å². The fourth-order valence-electron chi connectivity index (χ4n) is 1.59. The number of anilines is 1. The van der Waals surface area contributed by atoms with Gasteiger partial charge in [-0.1, -0.05) is 6.92 Å². The van der Waals surface area contributed by atoms with E-state index in [0.717, 1.165) is 31.9 Å². The van der Waals surface area contributed by atoms with Gasteiger partial charge in [-0.3, -0.25) is 4.79 Å². The van der Waals surface area contributed by atoms with Crippen LogP contribution in [-0.4, -0.2) is 23.8 Å². The normalized spacial score (nSPS) is 16.1. The lowest BCUT2D eigenvalue weighted by atomic mass is 10.2. The van der Waals surface area contributed by atoms with E-state index in [-0.39, 0.29) is 5.56 Å². The molecule has 0 amide bonds. The monoisotopic (exact) mass is 208 g/mol. The molecule has 1 aliphatic heterocycles. The Balaban J connectivity index is 2.10. The molecule has 0 bridgehead atoms. The number of aromatic nitrogens is 1. The third-order valence-electron chi connectivity index (χ3n) is 2.46. The van der Waals surface area contributed by atoms with Crippen LogP contribution >= 0.6 is 0 Å². The molecule has 0 aliphatic carbocycles. The Morgan fingerprint density at radius 2 is 2.33 bits per heavy atom. The first-order valence-electron chi connectivity index (χ1n) is 5.34. The summed E-state index contributed by atoms with van der Waals surface area (Å²) in [4.78, 5) is 11.4. The first-order valence-corrected chi connectivity index (χ1v) is 5.34. The van der Waals surface area contributed by atoms with E-state index in [1.54, 1.807) is 10.6 Å². The highest BCUT2D eigenvalue weighted by Gasteiger charge is 2.17. The fourth-order valence-corrected chi connectivity index (χ4v) is 1.59. The van der Waals surface area contributed by atoms with Crippen LogP contribution in [0.2, 0.25) is 0 Å². The summed E-state index contributed by atoms with van der Waals surface area (Å²) in [5.41, 5.74) is 1.06. The molecule has 4 heteroatoms. The molecule has 4 nitrogen and oxygen atoms in total. The van der Waals surface area contributed by atoms with Crippen LogP contribution in [0.1, 0.15) is 13.3 Å². The van der Waals surface area contributed by atoms with Gasteiger partial charge < -0.3 is 14.6 Å². The molecule has 2 heterocycles. The Hall–Kier alpha value is -1.29. The van der Waals surface area contributed by atoms with Crippen LogP contribution < -0.4 is 10.9 Å². The number of nitrogens with one attached hydrogen (secondary N) is 1. The Kier molecular flexibility index (Phi) is 3.06. The van der Waals surface area contributed by atoms with Gasteiger partial charge in [0.15, 0.2) is 0 Å². The van der Waals surface area contributed by atoms with Gasteiger partial charge in [0.25, 0.3) is 5.56 Å². The maximum atomic E-state index is 11.4. The first kappa shape index (κ1) is 10.2. The van der Waals surface area contributed by atoms with Crippen molar-refractivity contribution in [2.24, 2.45) is 0 Å². The molecule has 0 atom stereocenters. The largest absolute Gasteiger partial charge is 0.377 e. The lowest BCUT2D eigenvalue weighted by molar-refractivity contribution is 0.0211. The summed E-state index contributed by atoms with van der Waals surface area (Å²) >= 11 is 0. The summed E-state index contributed by atoms with van der Waals surface area (Å²) < 4.78 is 6.82. The van der Waals surface area contributed by atoms with Crippen LogP contribution in [0.4, 0.5) is 5.69 Å². The highest BCUT2D eigenvalue weighted by atomic mass is 16.5. The van der Waals surface area contributed by atoms with E-state index in [9.17, 15) is 4.79 Å². The van der Waals surface area contributed by atoms with Gasteiger partial charge in [-0.05, 0) is 12.5 Å². The van der Waals surface area contributed by atoms with Gasteiger partial charge in [0, 0.05) is 18.8 Å². The Labute approximate surface area is 88.9 Å². The Bertz CT molecular complexity index is 382. The molecule has 0 unspecified atom stereocenters. The van der Waals surface area contributed by atoms with Gasteiger partial charge >= 0.3 is 0 Å². The molecule has 1 aromatic heterocycles. The predicted octanol–water partition coefficient (Wildman–Crippen LogP) is 1.07. The molecule has 1 aromatic rings. The molecule has 0 spiro atoms. The van der Waals surface area contributed by atoms with Crippen molar-refractivity contribution in [3.8, 4) is 0 Å². The number of hydrogen-bond donors (Lipinski definition) is 1. The second kappa shape index (κ2) is 4.49. The molecule has 0 aromatic carbocycles. The number of rotatable bonds is 4. The summed E-state index contributed by atoms with van der Waals surface area (Å²) in [6.45, 7) is 4.35.